The van der Waals surface area contributed by atoms with Crippen LogP contribution in [0.2, 0.25) is 10.0 Å². The van der Waals surface area contributed by atoms with E-state index in [2.05, 4.69) is 4.99 Å². The molecule has 0 amide bonds. The van der Waals surface area contributed by atoms with Crippen LogP contribution in [0.15, 0.2) is 28.9 Å². The number of nitrogens with zero attached hydrogens (tertiary/aromatic N) is 1. The Morgan fingerprint density at radius 1 is 1.41 bits per heavy atom. The van der Waals surface area contributed by atoms with Crippen molar-refractivity contribution in [1.82, 2.24) is 0 Å². The Balaban J connectivity index is 2.40. The molecule has 0 saturated heterocycles. The third-order valence-electron chi connectivity index (χ3n) is 2.05. The molecule has 0 radical (unpaired) electrons. The minimum Gasteiger partial charge on any atom is -0.279 e. The second-order valence-corrected chi connectivity index (χ2v) is 5.94. The van der Waals surface area contributed by atoms with Gasteiger partial charge in [-0.3, -0.25) is 4.79 Å². The van der Waals surface area contributed by atoms with E-state index < -0.39 is 0 Å². The smallest absolute Gasteiger partial charge is 0.244 e. The van der Waals surface area contributed by atoms with E-state index in [1.807, 2.05) is 6.26 Å². The lowest BCUT2D eigenvalue weighted by Gasteiger charge is -2.00. The predicted octanol–water partition coefficient (Wildman–Crippen LogP) is 4.33. The van der Waals surface area contributed by atoms with Crippen LogP contribution in [0.3, 0.4) is 0 Å². The van der Waals surface area contributed by atoms with Crippen LogP contribution in [-0.2, 0) is 4.79 Å². The van der Waals surface area contributed by atoms with Gasteiger partial charge in [-0.1, -0.05) is 35.3 Å². The molecule has 6 heteroatoms. The highest BCUT2D eigenvalue weighted by atomic mass is 35.5. The molecule has 0 bridgehead atoms. The van der Waals surface area contributed by atoms with Gasteiger partial charge < -0.3 is 0 Å². The van der Waals surface area contributed by atoms with Gasteiger partial charge in [0.25, 0.3) is 0 Å². The summed E-state index contributed by atoms with van der Waals surface area (Å²) in [6.45, 7) is 0. The van der Waals surface area contributed by atoms with Crippen molar-refractivity contribution in [1.29, 1.82) is 0 Å². The molecule has 0 spiro atoms. The fraction of sp³-hybridized carbons (Fsp3) is 0.0909. The predicted molar refractivity (Wildman–Crippen MR) is 78.0 cm³/mol. The lowest BCUT2D eigenvalue weighted by molar-refractivity contribution is -0.107. The Hall–Kier alpha value is -0.420. The van der Waals surface area contributed by atoms with E-state index in [4.69, 9.17) is 23.2 Å². The summed E-state index contributed by atoms with van der Waals surface area (Å²) in [4.78, 5) is 15.8. The second-order valence-electron chi connectivity index (χ2n) is 3.14. The number of carbonyl (C=O) groups excluding carboxylic acids is 1. The number of benzene rings is 1. The van der Waals surface area contributed by atoms with Crippen molar-refractivity contribution in [3.63, 3.8) is 0 Å². The number of thioether (sulfide) groups is 2. The van der Waals surface area contributed by atoms with Crippen molar-refractivity contribution in [3.05, 3.63) is 39.5 Å². The molecule has 1 heterocycles. The molecule has 0 atom stereocenters. The average molecular weight is 304 g/mol. The number of carbonyl (C=O) groups is 1. The third-order valence-corrected chi connectivity index (χ3v) is 4.73. The molecule has 88 valence electrons. The molecule has 1 aromatic rings. The maximum Gasteiger partial charge on any atom is 0.244 e. The first-order valence-electron chi connectivity index (χ1n) is 4.62. The summed E-state index contributed by atoms with van der Waals surface area (Å²) in [5, 5.41) is 0.839. The minimum atomic E-state index is -0.0645. The quantitative estimate of drug-likeness (QED) is 0.723. The fourth-order valence-corrected chi connectivity index (χ4v) is 2.88. The maximum absolute atomic E-state index is 11.6. The Kier molecular flexibility index (Phi) is 4.20. The van der Waals surface area contributed by atoms with Crippen molar-refractivity contribution < 1.29 is 4.79 Å². The molecule has 1 aromatic carbocycles. The van der Waals surface area contributed by atoms with Crippen molar-refractivity contribution >= 4 is 62.3 Å². The standard InChI is InChI=1S/C11H7Cl2NOS2/c1-16-11-14-8(10(15)17-11)5-6-3-2-4-7(12)9(6)13/h2-5H,1H3. The summed E-state index contributed by atoms with van der Waals surface area (Å²) in [5.41, 5.74) is 1.11. The number of rotatable bonds is 1. The first kappa shape index (κ1) is 13.0. The third kappa shape index (κ3) is 2.88. The lowest BCUT2D eigenvalue weighted by atomic mass is 10.2. The number of hydrogen-bond acceptors (Lipinski definition) is 4. The van der Waals surface area contributed by atoms with Crippen LogP contribution in [0.25, 0.3) is 6.08 Å². The zero-order valence-electron chi connectivity index (χ0n) is 8.74. The van der Waals surface area contributed by atoms with Crippen molar-refractivity contribution in [2.75, 3.05) is 6.26 Å². The fourth-order valence-electron chi connectivity index (χ4n) is 1.26. The van der Waals surface area contributed by atoms with E-state index in [9.17, 15) is 4.79 Å². The van der Waals surface area contributed by atoms with Gasteiger partial charge >= 0.3 is 0 Å². The largest absolute Gasteiger partial charge is 0.279 e. The average Bonchev–Trinajstić information content (AvgIpc) is 2.66. The van der Waals surface area contributed by atoms with Gasteiger partial charge in [-0.15, -0.1) is 11.8 Å². The van der Waals surface area contributed by atoms with Gasteiger partial charge in [0.05, 0.1) is 10.0 Å². The lowest BCUT2D eigenvalue weighted by Crippen LogP contribution is -1.88. The van der Waals surface area contributed by atoms with Gasteiger partial charge in [-0.2, -0.15) is 0 Å². The summed E-state index contributed by atoms with van der Waals surface area (Å²) in [5.74, 6) is 0. The molecule has 0 aromatic heterocycles. The highest BCUT2D eigenvalue weighted by molar-refractivity contribution is 8.45. The monoisotopic (exact) mass is 303 g/mol. The molecule has 2 rings (SSSR count). The van der Waals surface area contributed by atoms with Gasteiger partial charge in [0, 0.05) is 0 Å². The molecule has 0 unspecified atom stereocenters. The molecule has 0 aliphatic carbocycles. The van der Waals surface area contributed by atoms with E-state index in [-0.39, 0.29) is 5.12 Å². The van der Waals surface area contributed by atoms with Gasteiger partial charge in [0.15, 0.2) is 0 Å². The molecule has 2 nitrogen and oxygen atoms in total. The van der Waals surface area contributed by atoms with E-state index in [1.165, 1.54) is 11.8 Å². The van der Waals surface area contributed by atoms with E-state index in [0.29, 0.717) is 21.3 Å². The molecule has 1 aliphatic rings. The molecule has 17 heavy (non-hydrogen) atoms. The highest BCUT2D eigenvalue weighted by Gasteiger charge is 2.21. The first-order valence-corrected chi connectivity index (χ1v) is 7.42. The van der Waals surface area contributed by atoms with Crippen LogP contribution in [0.5, 0.6) is 0 Å². The van der Waals surface area contributed by atoms with Crippen LogP contribution in [0.4, 0.5) is 0 Å². The van der Waals surface area contributed by atoms with E-state index >= 15 is 0 Å². The molecule has 0 saturated carbocycles. The topological polar surface area (TPSA) is 29.4 Å². The molecule has 0 fully saturated rings. The second kappa shape index (κ2) is 5.48. The SMILES string of the molecule is CSC1=NC(=Cc2cccc(Cl)c2Cl)C(=O)S1. The number of halogens is 2. The minimum absolute atomic E-state index is 0.0645. The maximum atomic E-state index is 11.6. The van der Waals surface area contributed by atoms with Gasteiger partial charge in [0.1, 0.15) is 10.1 Å². The van der Waals surface area contributed by atoms with Gasteiger partial charge in [-0.25, -0.2) is 4.99 Å². The summed E-state index contributed by atoms with van der Waals surface area (Å²) < 4.78 is 0.749. The summed E-state index contributed by atoms with van der Waals surface area (Å²) in [6, 6.07) is 5.28. The molecule has 1 aliphatic heterocycles. The Bertz CT molecular complexity index is 540. The summed E-state index contributed by atoms with van der Waals surface area (Å²) >= 11 is 14.5. The number of aliphatic imine (C=N–C) groups is 1. The number of hydrogen-bond donors (Lipinski definition) is 0. The van der Waals surface area contributed by atoms with Crippen LogP contribution < -0.4 is 0 Å². The van der Waals surface area contributed by atoms with E-state index in [1.54, 1.807) is 24.3 Å². The van der Waals surface area contributed by atoms with Crippen LogP contribution in [-0.4, -0.2) is 15.7 Å². The first-order chi connectivity index (χ1) is 8.11. The van der Waals surface area contributed by atoms with Gasteiger partial charge in [0.2, 0.25) is 5.12 Å². The molecular formula is C11H7Cl2NOS2. The Morgan fingerprint density at radius 2 is 2.18 bits per heavy atom. The zero-order valence-corrected chi connectivity index (χ0v) is 11.9. The summed E-state index contributed by atoms with van der Waals surface area (Å²) in [6.07, 6.45) is 3.54. The normalized spacial score (nSPS) is 17.7. The molecule has 0 N–H and O–H groups in total. The van der Waals surface area contributed by atoms with Crippen LogP contribution in [0.1, 0.15) is 5.56 Å². The highest BCUT2D eigenvalue weighted by Crippen LogP contribution is 2.32. The zero-order chi connectivity index (χ0) is 12.4. The van der Waals surface area contributed by atoms with Crippen LogP contribution in [0, 0.1) is 0 Å². The van der Waals surface area contributed by atoms with Gasteiger partial charge in [-0.05, 0) is 35.7 Å². The van der Waals surface area contributed by atoms with Crippen molar-refractivity contribution in [2.45, 2.75) is 0 Å². The van der Waals surface area contributed by atoms with Crippen LogP contribution >= 0.6 is 46.7 Å². The van der Waals surface area contributed by atoms with E-state index in [0.717, 1.165) is 16.1 Å². The molecular weight excluding hydrogens is 297 g/mol. The van der Waals surface area contributed by atoms with Crippen molar-refractivity contribution in [3.8, 4) is 0 Å². The van der Waals surface area contributed by atoms with Crippen molar-refractivity contribution in [2.24, 2.45) is 4.99 Å². The summed E-state index contributed by atoms with van der Waals surface area (Å²) in [7, 11) is 0. The Labute approximate surface area is 117 Å². The Morgan fingerprint density at radius 3 is 2.82 bits per heavy atom.